The minimum atomic E-state index is -3.20. The molecule has 3 aliphatic rings. The number of rotatable bonds is 8. The maximum atomic E-state index is 12.7. The molecule has 1 atom stereocenters. The number of aromatic amines is 1. The maximum Gasteiger partial charge on any atom is 0.255 e. The third-order valence-corrected chi connectivity index (χ3v) is 10.3. The average Bonchev–Trinajstić information content (AvgIpc) is 3.65. The fourth-order valence-electron chi connectivity index (χ4n) is 5.36. The minimum absolute atomic E-state index is 0.0427. The number of likely N-dealkylation sites (tertiary alicyclic amines) is 1. The summed E-state index contributed by atoms with van der Waals surface area (Å²) in [5.74, 6) is 0.702. The molecule has 0 radical (unpaired) electrons. The molecule has 1 amide bonds. The molecule has 1 saturated carbocycles. The van der Waals surface area contributed by atoms with Gasteiger partial charge in [0.05, 0.1) is 27.1 Å². The lowest BCUT2D eigenvalue weighted by Gasteiger charge is -2.30. The van der Waals surface area contributed by atoms with Crippen LogP contribution in [0.3, 0.4) is 0 Å². The lowest BCUT2D eigenvalue weighted by Crippen LogP contribution is -2.42. The van der Waals surface area contributed by atoms with Crippen molar-refractivity contribution in [2.45, 2.75) is 54.6 Å². The Kier molecular flexibility index (Phi) is 6.63. The number of aromatic nitrogens is 2. The Morgan fingerprint density at radius 3 is 2.38 bits per heavy atom. The van der Waals surface area contributed by atoms with Crippen molar-refractivity contribution in [3.63, 3.8) is 0 Å². The molecule has 2 saturated heterocycles. The topological polar surface area (TPSA) is 92.4 Å². The molecule has 0 bridgehead atoms. The summed E-state index contributed by atoms with van der Waals surface area (Å²) in [4.78, 5) is 22.9. The standard InChI is InChI=1S/C29H33N3O4S/c33-29(32-14-1-15-32)22-4-9-27(30-19-22)28-11-10-26(31-28)25(18-20-12-16-36-17-13-20)21-2-5-23(6-3-21)37(34,35)24-7-8-24/h2-6,9-11,19-20,24-25,31H,1,7-8,12-18H2. The second-order valence-electron chi connectivity index (χ2n) is 10.6. The van der Waals surface area contributed by atoms with Gasteiger partial charge >= 0.3 is 0 Å². The van der Waals surface area contributed by atoms with Crippen LogP contribution in [0.4, 0.5) is 0 Å². The van der Waals surface area contributed by atoms with Crippen molar-refractivity contribution < 1.29 is 17.9 Å². The molecule has 1 N–H and O–H groups in total. The van der Waals surface area contributed by atoms with Crippen molar-refractivity contribution in [3.8, 4) is 11.4 Å². The molecule has 2 aliphatic heterocycles. The van der Waals surface area contributed by atoms with E-state index in [2.05, 4.69) is 16.0 Å². The Morgan fingerprint density at radius 2 is 1.76 bits per heavy atom. The Labute approximate surface area is 218 Å². The van der Waals surface area contributed by atoms with Crippen molar-refractivity contribution in [2.75, 3.05) is 26.3 Å². The fourth-order valence-corrected chi connectivity index (χ4v) is 7.02. The molecular weight excluding hydrogens is 486 g/mol. The van der Waals surface area contributed by atoms with Crippen molar-refractivity contribution in [3.05, 3.63) is 71.5 Å². The van der Waals surface area contributed by atoms with Gasteiger partial charge in [-0.3, -0.25) is 9.78 Å². The molecule has 2 aromatic heterocycles. The Balaban J connectivity index is 1.25. The fraction of sp³-hybridized carbons (Fsp3) is 0.448. The van der Waals surface area contributed by atoms with Gasteiger partial charge in [0.15, 0.2) is 9.84 Å². The zero-order chi connectivity index (χ0) is 25.4. The number of H-pyrrole nitrogens is 1. The minimum Gasteiger partial charge on any atom is -0.381 e. The van der Waals surface area contributed by atoms with Crippen LogP contribution in [0.5, 0.6) is 0 Å². The van der Waals surface area contributed by atoms with E-state index < -0.39 is 9.84 Å². The highest BCUT2D eigenvalue weighted by atomic mass is 32.2. The van der Waals surface area contributed by atoms with Crippen LogP contribution in [0.15, 0.2) is 59.6 Å². The monoisotopic (exact) mass is 519 g/mol. The highest BCUT2D eigenvalue weighted by Gasteiger charge is 2.37. The first-order valence-electron chi connectivity index (χ1n) is 13.4. The van der Waals surface area contributed by atoms with Gasteiger partial charge in [-0.05, 0) is 86.4 Å². The summed E-state index contributed by atoms with van der Waals surface area (Å²) < 4.78 is 31.0. The summed E-state index contributed by atoms with van der Waals surface area (Å²) in [5, 5.41) is -0.206. The molecule has 7 nitrogen and oxygen atoms in total. The van der Waals surface area contributed by atoms with Crippen molar-refractivity contribution in [1.82, 2.24) is 14.9 Å². The number of ether oxygens (including phenoxy) is 1. The molecular formula is C29H33N3O4S. The molecule has 0 spiro atoms. The molecule has 1 aliphatic carbocycles. The first-order chi connectivity index (χ1) is 18.0. The van der Waals surface area contributed by atoms with Gasteiger partial charge in [-0.2, -0.15) is 0 Å². The van der Waals surface area contributed by atoms with E-state index in [1.807, 2.05) is 35.2 Å². The van der Waals surface area contributed by atoms with E-state index in [1.165, 1.54) is 0 Å². The number of hydrogen-bond donors (Lipinski definition) is 1. The quantitative estimate of drug-likeness (QED) is 0.461. The Bertz CT molecular complexity index is 1350. The highest BCUT2D eigenvalue weighted by Crippen LogP contribution is 2.37. The smallest absolute Gasteiger partial charge is 0.255 e. The predicted octanol–water partition coefficient (Wildman–Crippen LogP) is 4.81. The number of benzene rings is 1. The zero-order valence-electron chi connectivity index (χ0n) is 20.9. The molecule has 4 heterocycles. The molecule has 1 unspecified atom stereocenters. The average molecular weight is 520 g/mol. The van der Waals surface area contributed by atoms with E-state index in [0.717, 1.165) is 87.5 Å². The van der Waals surface area contributed by atoms with Crippen LogP contribution >= 0.6 is 0 Å². The predicted molar refractivity (Wildman–Crippen MR) is 141 cm³/mol. The first-order valence-corrected chi connectivity index (χ1v) is 14.9. The van der Waals surface area contributed by atoms with Gasteiger partial charge in [0.2, 0.25) is 0 Å². The Hall–Kier alpha value is -2.97. The van der Waals surface area contributed by atoms with Crippen LogP contribution in [0.25, 0.3) is 11.4 Å². The summed E-state index contributed by atoms with van der Waals surface area (Å²) in [6.07, 6.45) is 7.30. The molecule has 37 heavy (non-hydrogen) atoms. The SMILES string of the molecule is O=C(c1ccc(-c2ccc(C(CC3CCOCC3)c3ccc(S(=O)(=O)C4CC4)cc3)[nH]2)nc1)N1CCC1. The first kappa shape index (κ1) is 24.4. The molecule has 3 aromatic rings. The van der Waals surface area contributed by atoms with Gasteiger partial charge in [0.1, 0.15) is 0 Å². The molecule has 6 rings (SSSR count). The van der Waals surface area contributed by atoms with Gasteiger partial charge in [0, 0.05) is 44.1 Å². The van der Waals surface area contributed by atoms with Crippen LogP contribution in [0.2, 0.25) is 0 Å². The summed E-state index contributed by atoms with van der Waals surface area (Å²) in [6.45, 7) is 3.22. The van der Waals surface area contributed by atoms with Crippen LogP contribution < -0.4 is 0 Å². The molecule has 194 valence electrons. The molecule has 1 aromatic carbocycles. The summed E-state index contributed by atoms with van der Waals surface area (Å²) in [5.41, 5.74) is 4.51. The van der Waals surface area contributed by atoms with Crippen LogP contribution in [0, 0.1) is 5.92 Å². The van der Waals surface area contributed by atoms with Crippen LogP contribution in [0.1, 0.15) is 66.1 Å². The zero-order valence-corrected chi connectivity index (χ0v) is 21.8. The van der Waals surface area contributed by atoms with Crippen molar-refractivity contribution in [1.29, 1.82) is 0 Å². The second-order valence-corrected chi connectivity index (χ2v) is 12.8. The number of pyridine rings is 1. The van der Waals surface area contributed by atoms with Crippen molar-refractivity contribution in [2.24, 2.45) is 5.92 Å². The number of nitrogens with zero attached hydrogens (tertiary/aromatic N) is 2. The van der Waals surface area contributed by atoms with Gasteiger partial charge in [-0.1, -0.05) is 12.1 Å². The third kappa shape index (κ3) is 5.09. The van der Waals surface area contributed by atoms with Gasteiger partial charge in [0.25, 0.3) is 5.91 Å². The number of nitrogens with one attached hydrogen (secondary N) is 1. The molecule has 8 heteroatoms. The van der Waals surface area contributed by atoms with Crippen LogP contribution in [-0.4, -0.2) is 60.7 Å². The summed E-state index contributed by atoms with van der Waals surface area (Å²) in [6, 6.07) is 15.4. The van der Waals surface area contributed by atoms with Crippen molar-refractivity contribution >= 4 is 15.7 Å². The lowest BCUT2D eigenvalue weighted by atomic mass is 9.83. The van der Waals surface area contributed by atoms with E-state index in [4.69, 9.17) is 4.74 Å². The summed E-state index contributed by atoms with van der Waals surface area (Å²) in [7, 11) is -3.20. The molecule has 3 fully saturated rings. The third-order valence-electron chi connectivity index (χ3n) is 8.00. The van der Waals surface area contributed by atoms with E-state index in [9.17, 15) is 13.2 Å². The van der Waals surface area contributed by atoms with Gasteiger partial charge < -0.3 is 14.6 Å². The number of carbonyl (C=O) groups excluding carboxylic acids is 1. The van der Waals surface area contributed by atoms with E-state index in [-0.39, 0.29) is 17.1 Å². The van der Waals surface area contributed by atoms with Crippen LogP contribution in [-0.2, 0) is 14.6 Å². The van der Waals surface area contributed by atoms with E-state index in [0.29, 0.717) is 16.4 Å². The van der Waals surface area contributed by atoms with Gasteiger partial charge in [-0.15, -0.1) is 0 Å². The Morgan fingerprint density at radius 1 is 1.00 bits per heavy atom. The normalized spacial score (nSPS) is 19.4. The van der Waals surface area contributed by atoms with E-state index in [1.54, 1.807) is 18.3 Å². The summed E-state index contributed by atoms with van der Waals surface area (Å²) >= 11 is 0. The number of sulfone groups is 1. The highest BCUT2D eigenvalue weighted by molar-refractivity contribution is 7.92. The maximum absolute atomic E-state index is 12.7. The van der Waals surface area contributed by atoms with E-state index >= 15 is 0 Å². The number of carbonyl (C=O) groups is 1. The number of amides is 1. The lowest BCUT2D eigenvalue weighted by molar-refractivity contribution is 0.0626. The number of hydrogen-bond acceptors (Lipinski definition) is 5. The van der Waals surface area contributed by atoms with Gasteiger partial charge in [-0.25, -0.2) is 8.42 Å². The largest absolute Gasteiger partial charge is 0.381 e. The second kappa shape index (κ2) is 10.1.